The predicted molar refractivity (Wildman–Crippen MR) is 69.6 cm³/mol. The van der Waals surface area contributed by atoms with Crippen LogP contribution in [0.2, 0.25) is 0 Å². The molecule has 3 aromatic rings. The summed E-state index contributed by atoms with van der Waals surface area (Å²) in [6.07, 6.45) is 1.38. The van der Waals surface area contributed by atoms with Crippen molar-refractivity contribution in [3.8, 4) is 0 Å². The van der Waals surface area contributed by atoms with Crippen LogP contribution in [-0.4, -0.2) is 17.6 Å². The summed E-state index contributed by atoms with van der Waals surface area (Å²) in [6, 6.07) is 8.56. The average molecular weight is 273 g/mol. The number of carbonyl (C=O) groups excluding carboxylic acids is 1. The highest BCUT2D eigenvalue weighted by Crippen LogP contribution is 2.17. The lowest BCUT2D eigenvalue weighted by atomic mass is 10.2. The van der Waals surface area contributed by atoms with Crippen molar-refractivity contribution in [2.24, 2.45) is 0 Å². The van der Waals surface area contributed by atoms with Crippen molar-refractivity contribution in [1.82, 2.24) is 4.57 Å². The van der Waals surface area contributed by atoms with Crippen molar-refractivity contribution >= 4 is 17.1 Å². The van der Waals surface area contributed by atoms with Gasteiger partial charge in [-0.15, -0.1) is 0 Å². The number of oxazole rings is 1. The summed E-state index contributed by atoms with van der Waals surface area (Å²) in [5.74, 6) is -0.654. The Balaban J connectivity index is 2.06. The smallest absolute Gasteiger partial charge is 0.420 e. The Morgan fingerprint density at radius 2 is 2.10 bits per heavy atom. The van der Waals surface area contributed by atoms with Crippen LogP contribution in [0.1, 0.15) is 16.1 Å². The van der Waals surface area contributed by atoms with Gasteiger partial charge in [0, 0.05) is 0 Å². The zero-order valence-corrected chi connectivity index (χ0v) is 10.7. The number of methoxy groups -OCH3 is 1. The number of rotatable bonds is 3. The van der Waals surface area contributed by atoms with E-state index in [-0.39, 0.29) is 6.54 Å². The highest BCUT2D eigenvalue weighted by molar-refractivity contribution is 5.90. The van der Waals surface area contributed by atoms with Crippen LogP contribution in [0.4, 0.5) is 0 Å². The molecule has 0 N–H and O–H groups in total. The number of hydrogen-bond acceptors (Lipinski definition) is 5. The van der Waals surface area contributed by atoms with Crippen LogP contribution in [-0.2, 0) is 11.3 Å². The third-order valence-corrected chi connectivity index (χ3v) is 3.03. The van der Waals surface area contributed by atoms with Crippen LogP contribution < -0.4 is 5.76 Å². The van der Waals surface area contributed by atoms with Gasteiger partial charge in [-0.05, 0) is 18.2 Å². The molecule has 0 saturated heterocycles. The Hall–Kier alpha value is -2.76. The van der Waals surface area contributed by atoms with Crippen LogP contribution in [0.3, 0.4) is 0 Å². The lowest BCUT2D eigenvalue weighted by molar-refractivity contribution is 0.0598. The average Bonchev–Trinajstić information content (AvgIpc) is 3.04. The van der Waals surface area contributed by atoms with Gasteiger partial charge < -0.3 is 13.6 Å². The van der Waals surface area contributed by atoms with E-state index in [9.17, 15) is 9.59 Å². The van der Waals surface area contributed by atoms with Crippen LogP contribution in [0.5, 0.6) is 0 Å². The highest BCUT2D eigenvalue weighted by Gasteiger charge is 2.18. The van der Waals surface area contributed by atoms with Gasteiger partial charge in [0.05, 0.1) is 25.4 Å². The molecule has 20 heavy (non-hydrogen) atoms. The lowest BCUT2D eigenvalue weighted by Gasteiger charge is -2.02. The van der Waals surface area contributed by atoms with E-state index < -0.39 is 11.7 Å². The van der Waals surface area contributed by atoms with Crippen LogP contribution in [0.15, 0.2) is 50.2 Å². The number of benzene rings is 1. The minimum Gasteiger partial charge on any atom is -0.467 e. The third kappa shape index (κ3) is 1.91. The normalized spacial score (nSPS) is 10.8. The van der Waals surface area contributed by atoms with Crippen molar-refractivity contribution < 1.29 is 18.4 Å². The summed E-state index contributed by atoms with van der Waals surface area (Å²) < 4.78 is 16.5. The number of hydrogen-bond donors (Lipinski definition) is 0. The minimum atomic E-state index is -0.505. The fourth-order valence-corrected chi connectivity index (χ4v) is 2.06. The van der Waals surface area contributed by atoms with Gasteiger partial charge in [0.25, 0.3) is 0 Å². The van der Waals surface area contributed by atoms with E-state index in [0.717, 1.165) is 0 Å². The molecule has 0 amide bonds. The number of nitrogens with zero attached hydrogens (tertiary/aromatic N) is 1. The van der Waals surface area contributed by atoms with Crippen molar-refractivity contribution in [1.29, 1.82) is 0 Å². The molecule has 0 fully saturated rings. The number of carbonyl (C=O) groups is 1. The quantitative estimate of drug-likeness (QED) is 0.682. The fourth-order valence-electron chi connectivity index (χ4n) is 2.06. The molecule has 0 spiro atoms. The number of furan rings is 1. The Morgan fingerprint density at radius 3 is 2.90 bits per heavy atom. The Labute approximate surface area is 113 Å². The second-order valence-electron chi connectivity index (χ2n) is 4.17. The highest BCUT2D eigenvalue weighted by atomic mass is 16.5. The molecule has 0 saturated carbocycles. The van der Waals surface area contributed by atoms with Gasteiger partial charge in [0.2, 0.25) is 0 Å². The number of ether oxygens (including phenoxy) is 1. The molecule has 2 aromatic heterocycles. The summed E-state index contributed by atoms with van der Waals surface area (Å²) in [5.41, 5.74) is 1.43. The van der Waals surface area contributed by atoms with Crippen LogP contribution >= 0.6 is 0 Å². The van der Waals surface area contributed by atoms with Gasteiger partial charge in [-0.25, -0.2) is 9.59 Å². The van der Waals surface area contributed by atoms with E-state index >= 15 is 0 Å². The van der Waals surface area contributed by atoms with Gasteiger partial charge in [0.1, 0.15) is 11.3 Å². The molecule has 3 rings (SSSR count). The Kier molecular flexibility index (Phi) is 2.90. The monoisotopic (exact) mass is 273 g/mol. The molecule has 6 nitrogen and oxygen atoms in total. The van der Waals surface area contributed by atoms with Crippen molar-refractivity contribution in [2.75, 3.05) is 7.11 Å². The molecule has 102 valence electrons. The van der Waals surface area contributed by atoms with E-state index in [1.807, 2.05) is 0 Å². The van der Waals surface area contributed by atoms with E-state index in [2.05, 4.69) is 4.74 Å². The van der Waals surface area contributed by atoms with E-state index in [1.54, 1.807) is 24.3 Å². The molecule has 0 aliphatic carbocycles. The number of aromatic nitrogens is 1. The molecule has 0 radical (unpaired) electrons. The number of para-hydroxylation sites is 2. The zero-order chi connectivity index (χ0) is 14.1. The Bertz CT molecular complexity index is 823. The molecule has 1 aromatic carbocycles. The molecule has 0 bridgehead atoms. The third-order valence-electron chi connectivity index (χ3n) is 3.03. The molecular formula is C14H11NO5. The first kappa shape index (κ1) is 12.3. The second kappa shape index (κ2) is 4.73. The van der Waals surface area contributed by atoms with Gasteiger partial charge in [-0.3, -0.25) is 4.57 Å². The number of esters is 1. The zero-order valence-electron chi connectivity index (χ0n) is 10.7. The molecular weight excluding hydrogens is 262 g/mol. The van der Waals surface area contributed by atoms with Crippen molar-refractivity contribution in [2.45, 2.75) is 6.54 Å². The first-order valence-corrected chi connectivity index (χ1v) is 5.94. The molecule has 2 heterocycles. The molecule has 0 aliphatic rings. The maximum atomic E-state index is 11.9. The topological polar surface area (TPSA) is 74.6 Å². The maximum absolute atomic E-state index is 11.9. The predicted octanol–water partition coefficient (Wildman–Crippen LogP) is 2.02. The molecule has 0 unspecified atom stereocenters. The summed E-state index contributed by atoms with van der Waals surface area (Å²) in [4.78, 5) is 23.4. The first-order chi connectivity index (χ1) is 9.70. The minimum absolute atomic E-state index is 0.104. The van der Waals surface area contributed by atoms with Gasteiger partial charge in [0.15, 0.2) is 5.58 Å². The van der Waals surface area contributed by atoms with Gasteiger partial charge in [-0.2, -0.15) is 0 Å². The SMILES string of the molecule is COC(=O)c1ccoc1Cn1c(=O)oc2ccccc21. The largest absolute Gasteiger partial charge is 0.467 e. The van der Waals surface area contributed by atoms with Crippen LogP contribution in [0, 0.1) is 0 Å². The van der Waals surface area contributed by atoms with Gasteiger partial charge >= 0.3 is 11.7 Å². The fraction of sp³-hybridized carbons (Fsp3) is 0.143. The van der Waals surface area contributed by atoms with E-state index in [0.29, 0.717) is 22.4 Å². The Morgan fingerprint density at radius 1 is 1.30 bits per heavy atom. The second-order valence-corrected chi connectivity index (χ2v) is 4.17. The van der Waals surface area contributed by atoms with E-state index in [1.165, 1.54) is 24.0 Å². The number of fused-ring (bicyclic) bond motifs is 1. The van der Waals surface area contributed by atoms with Crippen molar-refractivity contribution in [3.63, 3.8) is 0 Å². The molecule has 0 aliphatic heterocycles. The van der Waals surface area contributed by atoms with Gasteiger partial charge in [-0.1, -0.05) is 12.1 Å². The summed E-state index contributed by atoms with van der Waals surface area (Å²) in [6.45, 7) is 0.104. The summed E-state index contributed by atoms with van der Waals surface area (Å²) in [5, 5.41) is 0. The molecule has 6 heteroatoms. The lowest BCUT2D eigenvalue weighted by Crippen LogP contribution is -2.16. The standard InChI is InChI=1S/C14H11NO5/c1-18-13(16)9-6-7-19-12(9)8-15-10-4-2-3-5-11(10)20-14(15)17/h2-7H,8H2,1H3. The van der Waals surface area contributed by atoms with Crippen LogP contribution in [0.25, 0.3) is 11.1 Å². The van der Waals surface area contributed by atoms with E-state index in [4.69, 9.17) is 8.83 Å². The first-order valence-electron chi connectivity index (χ1n) is 5.94. The summed E-state index contributed by atoms with van der Waals surface area (Å²) in [7, 11) is 1.29. The maximum Gasteiger partial charge on any atom is 0.420 e. The molecule has 0 atom stereocenters. The van der Waals surface area contributed by atoms with Crippen molar-refractivity contribution in [3.05, 3.63) is 58.5 Å². The summed E-state index contributed by atoms with van der Waals surface area (Å²) >= 11 is 0.